The van der Waals surface area contributed by atoms with Crippen LogP contribution in [0.1, 0.15) is 11.1 Å². The molecule has 0 saturated heterocycles. The molecule has 3 aromatic carbocycles. The van der Waals surface area contributed by atoms with E-state index in [2.05, 4.69) is 60.7 Å². The van der Waals surface area contributed by atoms with Crippen molar-refractivity contribution in [3.63, 3.8) is 0 Å². The van der Waals surface area contributed by atoms with E-state index in [0.29, 0.717) is 12.2 Å². The van der Waals surface area contributed by atoms with Crippen LogP contribution in [0.4, 0.5) is 0 Å². The van der Waals surface area contributed by atoms with Gasteiger partial charge in [0.2, 0.25) is 0 Å². The van der Waals surface area contributed by atoms with Gasteiger partial charge in [-0.1, -0.05) is 60.7 Å². The molecule has 0 radical (unpaired) electrons. The van der Waals surface area contributed by atoms with Crippen molar-refractivity contribution >= 4 is 16.8 Å². The zero-order valence-corrected chi connectivity index (χ0v) is 13.1. The molecular formula is C19H14OTi. The second-order valence-electron chi connectivity index (χ2n) is 5.22. The van der Waals surface area contributed by atoms with Gasteiger partial charge in [-0.3, -0.25) is 0 Å². The summed E-state index contributed by atoms with van der Waals surface area (Å²) < 4.78 is 0. The van der Waals surface area contributed by atoms with Crippen molar-refractivity contribution in [2.75, 3.05) is 0 Å². The number of fused-ring (bicyclic) bond motifs is 2. The molecule has 0 atom stereocenters. The summed E-state index contributed by atoms with van der Waals surface area (Å²) >= 11 is 0. The van der Waals surface area contributed by atoms with Gasteiger partial charge < -0.3 is 5.11 Å². The number of benzene rings is 3. The summed E-state index contributed by atoms with van der Waals surface area (Å²) in [5.41, 5.74) is 4.78. The standard InChI is InChI=1S/C19H14O.Ti/c20-15-11-14-7-4-10-18(19(14)12-15)17-9-3-6-13-5-1-2-8-16(13)17;/h1-10,12,20H,11H2;. The molecular weight excluding hydrogens is 292 g/mol. The van der Waals surface area contributed by atoms with Crippen LogP contribution in [0.25, 0.3) is 28.0 Å². The third-order valence-electron chi connectivity index (χ3n) is 3.96. The first-order chi connectivity index (χ1) is 9.83. The monoisotopic (exact) mass is 306 g/mol. The van der Waals surface area contributed by atoms with Crippen molar-refractivity contribution in [2.45, 2.75) is 6.42 Å². The Bertz CT molecular complexity index is 844. The van der Waals surface area contributed by atoms with Crippen molar-refractivity contribution in [2.24, 2.45) is 0 Å². The summed E-state index contributed by atoms with van der Waals surface area (Å²) in [5, 5.41) is 12.3. The minimum Gasteiger partial charge on any atom is -0.512 e. The maximum Gasteiger partial charge on any atom is 0.0972 e. The predicted molar refractivity (Wildman–Crippen MR) is 83.7 cm³/mol. The van der Waals surface area contributed by atoms with Crippen molar-refractivity contribution in [1.82, 2.24) is 0 Å². The van der Waals surface area contributed by atoms with E-state index in [0.717, 1.165) is 5.56 Å². The maximum absolute atomic E-state index is 9.80. The van der Waals surface area contributed by atoms with Crippen molar-refractivity contribution < 1.29 is 26.8 Å². The SMILES string of the molecule is OC1=Cc2c(cccc2-c2cccc3ccccc23)C1.[Ti]. The van der Waals surface area contributed by atoms with Crippen LogP contribution in [0.5, 0.6) is 0 Å². The van der Waals surface area contributed by atoms with Crippen LogP contribution in [0.15, 0.2) is 66.4 Å². The largest absolute Gasteiger partial charge is 0.512 e. The van der Waals surface area contributed by atoms with Crippen molar-refractivity contribution in [3.05, 3.63) is 77.5 Å². The third kappa shape index (κ3) is 2.33. The zero-order valence-electron chi connectivity index (χ0n) is 11.5. The van der Waals surface area contributed by atoms with Gasteiger partial charge in [0, 0.05) is 28.1 Å². The van der Waals surface area contributed by atoms with Crippen molar-refractivity contribution in [3.8, 4) is 11.1 Å². The quantitative estimate of drug-likeness (QED) is 0.630. The molecule has 0 spiro atoms. The van der Waals surface area contributed by atoms with Gasteiger partial charge in [-0.2, -0.15) is 0 Å². The summed E-state index contributed by atoms with van der Waals surface area (Å²) in [5.74, 6) is 0.452. The van der Waals surface area contributed by atoms with Crippen molar-refractivity contribution in [1.29, 1.82) is 0 Å². The molecule has 1 aliphatic rings. The number of hydrogen-bond acceptors (Lipinski definition) is 1. The van der Waals surface area contributed by atoms with E-state index in [1.807, 2.05) is 6.08 Å². The molecule has 21 heavy (non-hydrogen) atoms. The Morgan fingerprint density at radius 3 is 2.38 bits per heavy atom. The van der Waals surface area contributed by atoms with E-state index in [4.69, 9.17) is 0 Å². The first-order valence-corrected chi connectivity index (χ1v) is 6.82. The maximum atomic E-state index is 9.80. The Balaban J connectivity index is 0.00000132. The van der Waals surface area contributed by atoms with Crippen LogP contribution in [-0.2, 0) is 28.1 Å². The Labute approximate surface area is 138 Å². The summed E-state index contributed by atoms with van der Waals surface area (Å²) in [7, 11) is 0. The molecule has 1 nitrogen and oxygen atoms in total. The molecule has 0 aromatic heterocycles. The van der Waals surface area contributed by atoms with Gasteiger partial charge in [0.05, 0.1) is 5.76 Å². The molecule has 0 fully saturated rings. The fraction of sp³-hybridized carbons (Fsp3) is 0.0526. The van der Waals surface area contributed by atoms with Crippen LogP contribution >= 0.6 is 0 Å². The molecule has 0 amide bonds. The fourth-order valence-corrected chi connectivity index (χ4v) is 3.05. The van der Waals surface area contributed by atoms with E-state index in [9.17, 15) is 5.11 Å². The van der Waals surface area contributed by atoms with E-state index < -0.39 is 0 Å². The molecule has 0 aliphatic heterocycles. The van der Waals surface area contributed by atoms with Crippen LogP contribution in [-0.4, -0.2) is 5.11 Å². The Morgan fingerprint density at radius 1 is 0.762 bits per heavy atom. The van der Waals surface area contributed by atoms with E-state index in [-0.39, 0.29) is 21.7 Å². The second-order valence-corrected chi connectivity index (χ2v) is 5.22. The molecule has 0 saturated carbocycles. The summed E-state index contributed by atoms with van der Waals surface area (Å²) in [4.78, 5) is 0. The minimum absolute atomic E-state index is 0. The number of aliphatic hydroxyl groups is 1. The zero-order chi connectivity index (χ0) is 13.5. The minimum atomic E-state index is 0. The Hall–Kier alpha value is -1.83. The third-order valence-corrected chi connectivity index (χ3v) is 3.96. The van der Waals surface area contributed by atoms with E-state index in [1.165, 1.54) is 27.5 Å². The van der Waals surface area contributed by atoms with Gasteiger partial charge in [0.25, 0.3) is 0 Å². The average molecular weight is 306 g/mol. The van der Waals surface area contributed by atoms with Crippen LogP contribution in [0.3, 0.4) is 0 Å². The normalized spacial score (nSPS) is 12.7. The van der Waals surface area contributed by atoms with Gasteiger partial charge in [-0.25, -0.2) is 0 Å². The Kier molecular flexibility index (Phi) is 3.71. The summed E-state index contributed by atoms with van der Waals surface area (Å²) in [6.07, 6.45) is 2.54. The van der Waals surface area contributed by atoms with Crippen LogP contribution in [0, 0.1) is 0 Å². The molecule has 2 heteroatoms. The smallest absolute Gasteiger partial charge is 0.0972 e. The van der Waals surface area contributed by atoms with Gasteiger partial charge in [-0.15, -0.1) is 0 Å². The summed E-state index contributed by atoms with van der Waals surface area (Å²) in [6.45, 7) is 0. The number of allylic oxidation sites excluding steroid dienone is 1. The van der Waals surface area contributed by atoms with Gasteiger partial charge in [0.15, 0.2) is 0 Å². The van der Waals surface area contributed by atoms with Crippen LogP contribution < -0.4 is 0 Å². The number of hydrogen-bond donors (Lipinski definition) is 1. The van der Waals surface area contributed by atoms with Crippen LogP contribution in [0.2, 0.25) is 0 Å². The average Bonchev–Trinajstić information content (AvgIpc) is 2.87. The number of rotatable bonds is 1. The van der Waals surface area contributed by atoms with Gasteiger partial charge >= 0.3 is 0 Å². The molecule has 100 valence electrons. The predicted octanol–water partition coefficient (Wildman–Crippen LogP) is 4.96. The van der Waals surface area contributed by atoms with Gasteiger partial charge in [0.1, 0.15) is 0 Å². The van der Waals surface area contributed by atoms with E-state index in [1.54, 1.807) is 0 Å². The van der Waals surface area contributed by atoms with Gasteiger partial charge in [-0.05, 0) is 39.1 Å². The number of aliphatic hydroxyl groups excluding tert-OH is 1. The van der Waals surface area contributed by atoms with E-state index >= 15 is 0 Å². The first-order valence-electron chi connectivity index (χ1n) is 6.82. The second kappa shape index (κ2) is 5.52. The molecule has 0 heterocycles. The fourth-order valence-electron chi connectivity index (χ4n) is 3.05. The topological polar surface area (TPSA) is 20.2 Å². The Morgan fingerprint density at radius 2 is 1.48 bits per heavy atom. The molecule has 0 unspecified atom stereocenters. The molecule has 3 aromatic rings. The first kappa shape index (κ1) is 14.1. The summed E-state index contributed by atoms with van der Waals surface area (Å²) in [6, 6.07) is 21.1. The molecule has 1 aliphatic carbocycles. The molecule has 4 rings (SSSR count). The molecule has 0 bridgehead atoms. The molecule has 1 N–H and O–H groups in total.